The lowest BCUT2D eigenvalue weighted by molar-refractivity contribution is 0.0865. The lowest BCUT2D eigenvalue weighted by atomic mass is 9.83. The summed E-state index contributed by atoms with van der Waals surface area (Å²) in [5.74, 6) is 1.79. The Bertz CT molecular complexity index is 280. The van der Waals surface area contributed by atoms with E-state index in [1.54, 1.807) is 0 Å². The number of ether oxygens (including phenoxy) is 1. The third kappa shape index (κ3) is 5.54. The smallest absolute Gasteiger partial charge is 0.0589 e. The van der Waals surface area contributed by atoms with Gasteiger partial charge < -0.3 is 10.1 Å². The van der Waals surface area contributed by atoms with Gasteiger partial charge >= 0.3 is 0 Å². The highest BCUT2D eigenvalue weighted by molar-refractivity contribution is 4.89. The quantitative estimate of drug-likeness (QED) is 0.669. The van der Waals surface area contributed by atoms with E-state index in [1.807, 2.05) is 7.11 Å². The molecule has 3 atom stereocenters. The van der Waals surface area contributed by atoms with Crippen LogP contribution in [0.15, 0.2) is 0 Å². The average molecular weight is 296 g/mol. The Balaban J connectivity index is 1.88. The zero-order valence-electron chi connectivity index (χ0n) is 14.4. The van der Waals surface area contributed by atoms with Gasteiger partial charge in [-0.2, -0.15) is 0 Å². The third-order valence-electron chi connectivity index (χ3n) is 5.50. The van der Waals surface area contributed by atoms with E-state index in [-0.39, 0.29) is 0 Å². The fourth-order valence-corrected chi connectivity index (χ4v) is 3.87. The highest BCUT2D eigenvalue weighted by Crippen LogP contribution is 2.36. The summed E-state index contributed by atoms with van der Waals surface area (Å²) in [6, 6.07) is 1.49. The molecule has 0 aromatic carbocycles. The van der Waals surface area contributed by atoms with Crippen LogP contribution in [0.1, 0.15) is 58.8 Å². The van der Waals surface area contributed by atoms with E-state index in [4.69, 9.17) is 4.74 Å². The highest BCUT2D eigenvalue weighted by Gasteiger charge is 2.34. The van der Waals surface area contributed by atoms with Crippen LogP contribution < -0.4 is 5.32 Å². The molecule has 124 valence electrons. The average Bonchev–Trinajstić information content (AvgIpc) is 3.34. The number of hydrogen-bond acceptors (Lipinski definition) is 3. The Kier molecular flexibility index (Phi) is 7.48. The van der Waals surface area contributed by atoms with E-state index in [9.17, 15) is 0 Å². The van der Waals surface area contributed by atoms with Gasteiger partial charge in [-0.05, 0) is 57.4 Å². The second-order valence-electron chi connectivity index (χ2n) is 7.17. The molecular formula is C18H36N2O. The lowest BCUT2D eigenvalue weighted by Crippen LogP contribution is -2.47. The first-order valence-corrected chi connectivity index (χ1v) is 9.22. The Labute approximate surface area is 131 Å². The second kappa shape index (κ2) is 9.12. The van der Waals surface area contributed by atoms with Gasteiger partial charge in [-0.1, -0.05) is 19.8 Å². The summed E-state index contributed by atoms with van der Waals surface area (Å²) in [6.45, 7) is 9.12. The van der Waals surface area contributed by atoms with Crippen LogP contribution in [0.4, 0.5) is 0 Å². The van der Waals surface area contributed by atoms with Gasteiger partial charge in [0.1, 0.15) is 0 Å². The molecule has 2 fully saturated rings. The van der Waals surface area contributed by atoms with Crippen LogP contribution in [0.25, 0.3) is 0 Å². The molecule has 3 nitrogen and oxygen atoms in total. The number of nitrogens with one attached hydrogen (secondary N) is 1. The third-order valence-corrected chi connectivity index (χ3v) is 5.50. The largest absolute Gasteiger partial charge is 0.383 e. The molecule has 21 heavy (non-hydrogen) atoms. The summed E-state index contributed by atoms with van der Waals surface area (Å²) < 4.78 is 5.35. The molecule has 1 N–H and O–H groups in total. The molecule has 0 amide bonds. The molecule has 0 aromatic heterocycles. The molecule has 3 heteroatoms. The first-order valence-electron chi connectivity index (χ1n) is 9.22. The first-order chi connectivity index (χ1) is 10.3. The number of nitrogens with zero attached hydrogens (tertiary/aromatic N) is 1. The molecule has 2 rings (SSSR count). The van der Waals surface area contributed by atoms with Crippen molar-refractivity contribution in [1.82, 2.24) is 10.2 Å². The maximum Gasteiger partial charge on any atom is 0.0589 e. The topological polar surface area (TPSA) is 24.5 Å². The molecule has 0 spiro atoms. The van der Waals surface area contributed by atoms with Crippen LogP contribution >= 0.6 is 0 Å². The zero-order chi connectivity index (χ0) is 15.1. The normalized spacial score (nSPS) is 28.0. The van der Waals surface area contributed by atoms with Gasteiger partial charge in [0.2, 0.25) is 0 Å². The van der Waals surface area contributed by atoms with Gasteiger partial charge in [-0.3, -0.25) is 4.90 Å². The van der Waals surface area contributed by atoms with Crippen molar-refractivity contribution in [1.29, 1.82) is 0 Å². The van der Waals surface area contributed by atoms with Gasteiger partial charge in [0, 0.05) is 32.3 Å². The molecule has 0 saturated heterocycles. The number of methoxy groups -OCH3 is 1. The number of hydrogen-bond donors (Lipinski definition) is 1. The van der Waals surface area contributed by atoms with Crippen molar-refractivity contribution in [3.05, 3.63) is 0 Å². The summed E-state index contributed by atoms with van der Waals surface area (Å²) in [6.07, 6.45) is 9.73. The van der Waals surface area contributed by atoms with Crippen LogP contribution in [0.3, 0.4) is 0 Å². The summed E-state index contributed by atoms with van der Waals surface area (Å²) >= 11 is 0. The summed E-state index contributed by atoms with van der Waals surface area (Å²) in [7, 11) is 1.83. The minimum atomic E-state index is 0.744. The zero-order valence-corrected chi connectivity index (χ0v) is 14.4. The molecule has 0 heterocycles. The fourth-order valence-electron chi connectivity index (χ4n) is 3.87. The number of rotatable bonds is 10. The molecule has 0 aromatic rings. The van der Waals surface area contributed by atoms with Crippen LogP contribution in [0.2, 0.25) is 0 Å². The molecule has 2 aliphatic rings. The van der Waals surface area contributed by atoms with Gasteiger partial charge in [-0.25, -0.2) is 0 Å². The summed E-state index contributed by atoms with van der Waals surface area (Å²) in [4.78, 5) is 2.72. The summed E-state index contributed by atoms with van der Waals surface area (Å²) in [5.41, 5.74) is 0. The molecule has 0 radical (unpaired) electrons. The van der Waals surface area contributed by atoms with Crippen LogP contribution in [0.5, 0.6) is 0 Å². The summed E-state index contributed by atoms with van der Waals surface area (Å²) in [5, 5.41) is 3.81. The standard InChI is InChI=1S/C18H36N2O/c1-4-11-19-18-8-6-5-7-17(18)14-20(12-13-21-3)15(2)16-9-10-16/h15-19H,4-14H2,1-3H3. The van der Waals surface area contributed by atoms with E-state index in [0.717, 1.165) is 37.1 Å². The van der Waals surface area contributed by atoms with E-state index in [0.29, 0.717) is 0 Å². The lowest BCUT2D eigenvalue weighted by Gasteiger charge is -2.38. The Morgan fingerprint density at radius 1 is 1.19 bits per heavy atom. The monoisotopic (exact) mass is 296 g/mol. The van der Waals surface area contributed by atoms with E-state index in [1.165, 1.54) is 58.0 Å². The van der Waals surface area contributed by atoms with Gasteiger partial charge in [0.15, 0.2) is 0 Å². The Hall–Kier alpha value is -0.120. The minimum Gasteiger partial charge on any atom is -0.383 e. The van der Waals surface area contributed by atoms with Gasteiger partial charge in [-0.15, -0.1) is 0 Å². The Morgan fingerprint density at radius 3 is 2.62 bits per heavy atom. The fraction of sp³-hybridized carbons (Fsp3) is 1.00. The van der Waals surface area contributed by atoms with Crippen LogP contribution in [-0.4, -0.2) is 50.3 Å². The SMILES string of the molecule is CCCNC1CCCCC1CN(CCOC)C(C)C1CC1. The van der Waals surface area contributed by atoms with Crippen molar-refractivity contribution < 1.29 is 4.74 Å². The molecular weight excluding hydrogens is 260 g/mol. The molecule has 2 saturated carbocycles. The van der Waals surface area contributed by atoms with Crippen molar-refractivity contribution in [2.45, 2.75) is 70.9 Å². The van der Waals surface area contributed by atoms with Crippen molar-refractivity contribution in [3.8, 4) is 0 Å². The van der Waals surface area contributed by atoms with E-state index >= 15 is 0 Å². The molecule has 3 unspecified atom stereocenters. The maximum absolute atomic E-state index is 5.35. The predicted molar refractivity (Wildman–Crippen MR) is 89.7 cm³/mol. The van der Waals surface area contributed by atoms with Crippen molar-refractivity contribution >= 4 is 0 Å². The van der Waals surface area contributed by atoms with E-state index < -0.39 is 0 Å². The first kappa shape index (κ1) is 17.2. The van der Waals surface area contributed by atoms with Crippen molar-refractivity contribution in [3.63, 3.8) is 0 Å². The molecule has 2 aliphatic carbocycles. The highest BCUT2D eigenvalue weighted by atomic mass is 16.5. The minimum absolute atomic E-state index is 0.744. The molecule has 0 aliphatic heterocycles. The van der Waals surface area contributed by atoms with Crippen molar-refractivity contribution in [2.75, 3.05) is 33.4 Å². The van der Waals surface area contributed by atoms with E-state index in [2.05, 4.69) is 24.1 Å². The second-order valence-corrected chi connectivity index (χ2v) is 7.17. The van der Waals surface area contributed by atoms with Crippen molar-refractivity contribution in [2.24, 2.45) is 11.8 Å². The van der Waals surface area contributed by atoms with Crippen LogP contribution in [0, 0.1) is 11.8 Å². The van der Waals surface area contributed by atoms with Crippen LogP contribution in [-0.2, 0) is 4.74 Å². The van der Waals surface area contributed by atoms with Gasteiger partial charge in [0.05, 0.1) is 6.61 Å². The maximum atomic E-state index is 5.35. The van der Waals surface area contributed by atoms with Gasteiger partial charge in [0.25, 0.3) is 0 Å². The predicted octanol–water partition coefficient (Wildman–Crippen LogP) is 3.29. The Morgan fingerprint density at radius 2 is 1.95 bits per heavy atom. The molecule has 0 bridgehead atoms.